The number of nitrogens with zero attached hydrogens (tertiary/aromatic N) is 2. The van der Waals surface area contributed by atoms with Gasteiger partial charge >= 0.3 is 0 Å². The van der Waals surface area contributed by atoms with Gasteiger partial charge in [0.2, 0.25) is 17.8 Å². The molecule has 0 radical (unpaired) electrons. The summed E-state index contributed by atoms with van der Waals surface area (Å²) < 4.78 is 1.98. The molecule has 2 N–H and O–H groups in total. The molecule has 114 valence electrons. The second kappa shape index (κ2) is 5.12. The molecular formula is C16H18N4O2. The Morgan fingerprint density at radius 2 is 2.18 bits per heavy atom. The molecule has 2 heterocycles. The van der Waals surface area contributed by atoms with Gasteiger partial charge in [-0.05, 0) is 30.9 Å². The first-order valence-electron chi connectivity index (χ1n) is 7.73. The van der Waals surface area contributed by atoms with Crippen LogP contribution >= 0.6 is 0 Å². The highest BCUT2D eigenvalue weighted by atomic mass is 16.2. The summed E-state index contributed by atoms with van der Waals surface area (Å²) in [4.78, 5) is 28.6. The van der Waals surface area contributed by atoms with E-state index in [-0.39, 0.29) is 24.2 Å². The molecule has 1 unspecified atom stereocenters. The molecule has 1 saturated carbocycles. The molecule has 6 nitrogen and oxygen atoms in total. The molecule has 2 aromatic rings. The van der Waals surface area contributed by atoms with Crippen LogP contribution in [0.1, 0.15) is 19.3 Å². The maximum absolute atomic E-state index is 12.2. The number of imidazole rings is 1. The van der Waals surface area contributed by atoms with E-state index in [1.807, 2.05) is 28.8 Å². The molecule has 4 rings (SSSR count). The Balaban J connectivity index is 1.50. The molecule has 0 bridgehead atoms. The van der Waals surface area contributed by atoms with Crippen LogP contribution in [0.4, 0.5) is 5.95 Å². The van der Waals surface area contributed by atoms with E-state index in [1.165, 1.54) is 12.8 Å². The summed E-state index contributed by atoms with van der Waals surface area (Å²) >= 11 is 0. The van der Waals surface area contributed by atoms with Gasteiger partial charge in [0, 0.05) is 19.5 Å². The number of para-hydroxylation sites is 2. The smallest absolute Gasteiger partial charge is 0.232 e. The first-order valence-corrected chi connectivity index (χ1v) is 7.73. The summed E-state index contributed by atoms with van der Waals surface area (Å²) in [6, 6.07) is 7.77. The van der Waals surface area contributed by atoms with Crippen LogP contribution < -0.4 is 10.6 Å². The number of carbonyl (C=O) groups excluding carboxylic acids is 2. The van der Waals surface area contributed by atoms with Gasteiger partial charge < -0.3 is 9.88 Å². The molecule has 2 amide bonds. The number of anilines is 1. The predicted molar refractivity (Wildman–Crippen MR) is 82.2 cm³/mol. The van der Waals surface area contributed by atoms with Gasteiger partial charge in [0.1, 0.15) is 0 Å². The zero-order valence-electron chi connectivity index (χ0n) is 12.2. The first kappa shape index (κ1) is 13.3. The molecule has 1 aliphatic heterocycles. The summed E-state index contributed by atoms with van der Waals surface area (Å²) in [5.41, 5.74) is 1.84. The lowest BCUT2D eigenvalue weighted by Crippen LogP contribution is -2.37. The Morgan fingerprint density at radius 1 is 1.36 bits per heavy atom. The number of hydrogen-bond acceptors (Lipinski definition) is 3. The standard InChI is InChI=1S/C16H18N4O2/c21-14(17-8-10-5-6-10)7-11-9-20-13-4-2-1-3-12(13)18-16(20)19-15(11)22/h1-4,10-11H,5-9H2,(H,17,21)(H,18,19,22). The summed E-state index contributed by atoms with van der Waals surface area (Å²) in [7, 11) is 0. The fourth-order valence-corrected chi connectivity index (χ4v) is 2.90. The van der Waals surface area contributed by atoms with E-state index in [0.29, 0.717) is 18.4 Å². The SMILES string of the molecule is O=C(CC1Cn2c(nc3ccccc32)NC1=O)NCC1CC1. The fraction of sp³-hybridized carbons (Fsp3) is 0.438. The van der Waals surface area contributed by atoms with Gasteiger partial charge in [0.15, 0.2) is 0 Å². The molecule has 1 atom stereocenters. The second-order valence-electron chi connectivity index (χ2n) is 6.17. The largest absolute Gasteiger partial charge is 0.356 e. The summed E-state index contributed by atoms with van der Waals surface area (Å²) in [6.45, 7) is 1.24. The van der Waals surface area contributed by atoms with Gasteiger partial charge in [-0.25, -0.2) is 4.98 Å². The van der Waals surface area contributed by atoms with Crippen LogP contribution in [0, 0.1) is 11.8 Å². The third kappa shape index (κ3) is 2.45. The van der Waals surface area contributed by atoms with Crippen molar-refractivity contribution >= 4 is 28.8 Å². The molecule has 1 aliphatic carbocycles. The average Bonchev–Trinajstić information content (AvgIpc) is 3.27. The maximum Gasteiger partial charge on any atom is 0.232 e. The van der Waals surface area contributed by atoms with Crippen molar-refractivity contribution in [3.8, 4) is 0 Å². The average molecular weight is 298 g/mol. The number of hydrogen-bond donors (Lipinski definition) is 2. The number of nitrogens with one attached hydrogen (secondary N) is 2. The number of fused-ring (bicyclic) bond motifs is 3. The van der Waals surface area contributed by atoms with E-state index in [1.54, 1.807) is 0 Å². The normalized spacial score (nSPS) is 20.5. The van der Waals surface area contributed by atoms with Gasteiger partial charge in [-0.1, -0.05) is 12.1 Å². The van der Waals surface area contributed by atoms with Crippen molar-refractivity contribution in [3.63, 3.8) is 0 Å². The predicted octanol–water partition coefficient (Wildman–Crippen LogP) is 1.52. The van der Waals surface area contributed by atoms with E-state index in [2.05, 4.69) is 15.6 Å². The van der Waals surface area contributed by atoms with Crippen molar-refractivity contribution in [1.82, 2.24) is 14.9 Å². The van der Waals surface area contributed by atoms with Gasteiger partial charge in [0.25, 0.3) is 0 Å². The quantitative estimate of drug-likeness (QED) is 0.898. The maximum atomic E-state index is 12.2. The van der Waals surface area contributed by atoms with Gasteiger partial charge in [-0.2, -0.15) is 0 Å². The third-order valence-electron chi connectivity index (χ3n) is 4.38. The Kier molecular flexibility index (Phi) is 3.10. The molecule has 6 heteroatoms. The van der Waals surface area contributed by atoms with Crippen molar-refractivity contribution in [3.05, 3.63) is 24.3 Å². The van der Waals surface area contributed by atoms with E-state index >= 15 is 0 Å². The fourth-order valence-electron chi connectivity index (χ4n) is 2.90. The Bertz CT molecular complexity index is 748. The van der Waals surface area contributed by atoms with Crippen LogP contribution in [-0.2, 0) is 16.1 Å². The minimum Gasteiger partial charge on any atom is -0.356 e. The van der Waals surface area contributed by atoms with Crippen LogP contribution in [0.5, 0.6) is 0 Å². The lowest BCUT2D eigenvalue weighted by molar-refractivity contribution is -0.128. The summed E-state index contributed by atoms with van der Waals surface area (Å²) in [5, 5.41) is 5.74. The molecule has 1 fully saturated rings. The van der Waals surface area contributed by atoms with Crippen LogP contribution in [0.3, 0.4) is 0 Å². The van der Waals surface area contributed by atoms with E-state index in [9.17, 15) is 9.59 Å². The topological polar surface area (TPSA) is 76.0 Å². The second-order valence-corrected chi connectivity index (χ2v) is 6.17. The van der Waals surface area contributed by atoms with Crippen molar-refractivity contribution in [2.24, 2.45) is 11.8 Å². The van der Waals surface area contributed by atoms with E-state index in [4.69, 9.17) is 0 Å². The van der Waals surface area contributed by atoms with Crippen LogP contribution in [-0.4, -0.2) is 27.9 Å². The molecule has 0 saturated heterocycles. The minimum atomic E-state index is -0.343. The molecule has 1 aromatic heterocycles. The van der Waals surface area contributed by atoms with Crippen LogP contribution in [0.2, 0.25) is 0 Å². The Hall–Kier alpha value is -2.37. The summed E-state index contributed by atoms with van der Waals surface area (Å²) in [5.74, 6) is 0.711. The van der Waals surface area contributed by atoms with Crippen molar-refractivity contribution < 1.29 is 9.59 Å². The monoisotopic (exact) mass is 298 g/mol. The van der Waals surface area contributed by atoms with E-state index in [0.717, 1.165) is 17.6 Å². The highest BCUT2D eigenvalue weighted by Crippen LogP contribution is 2.28. The molecule has 1 aromatic carbocycles. The van der Waals surface area contributed by atoms with Gasteiger partial charge in [-0.3, -0.25) is 14.9 Å². The lowest BCUT2D eigenvalue weighted by Gasteiger charge is -2.23. The molecule has 2 aliphatic rings. The zero-order chi connectivity index (χ0) is 15.1. The van der Waals surface area contributed by atoms with Crippen molar-refractivity contribution in [2.75, 3.05) is 11.9 Å². The van der Waals surface area contributed by atoms with Crippen LogP contribution in [0.15, 0.2) is 24.3 Å². The lowest BCUT2D eigenvalue weighted by atomic mass is 10.0. The van der Waals surface area contributed by atoms with Gasteiger partial charge in [-0.15, -0.1) is 0 Å². The molecule has 22 heavy (non-hydrogen) atoms. The van der Waals surface area contributed by atoms with Gasteiger partial charge in [0.05, 0.1) is 17.0 Å². The number of carbonyl (C=O) groups is 2. The number of rotatable bonds is 4. The van der Waals surface area contributed by atoms with Crippen molar-refractivity contribution in [1.29, 1.82) is 0 Å². The highest BCUT2D eigenvalue weighted by molar-refractivity contribution is 5.97. The first-order chi connectivity index (χ1) is 10.7. The summed E-state index contributed by atoms with van der Waals surface area (Å²) in [6.07, 6.45) is 2.63. The number of amides is 2. The highest BCUT2D eigenvalue weighted by Gasteiger charge is 2.30. The minimum absolute atomic E-state index is 0.0417. The Labute approximate surface area is 127 Å². The van der Waals surface area contributed by atoms with E-state index < -0.39 is 0 Å². The third-order valence-corrected chi connectivity index (χ3v) is 4.38. The van der Waals surface area contributed by atoms with Crippen molar-refractivity contribution in [2.45, 2.75) is 25.8 Å². The zero-order valence-corrected chi connectivity index (χ0v) is 12.2. The van der Waals surface area contributed by atoms with Crippen LogP contribution in [0.25, 0.3) is 11.0 Å². The number of aromatic nitrogens is 2. The Morgan fingerprint density at radius 3 is 3.00 bits per heavy atom. The molecule has 0 spiro atoms. The number of benzene rings is 1. The molecular weight excluding hydrogens is 280 g/mol.